The van der Waals surface area contributed by atoms with E-state index in [0.29, 0.717) is 12.3 Å². The van der Waals surface area contributed by atoms with Gasteiger partial charge in [0.2, 0.25) is 5.91 Å². The molecule has 2 atom stereocenters. The second kappa shape index (κ2) is 8.65. The van der Waals surface area contributed by atoms with Gasteiger partial charge in [-0.2, -0.15) is 0 Å². The fourth-order valence-electron chi connectivity index (χ4n) is 3.06. The Morgan fingerprint density at radius 2 is 2.04 bits per heavy atom. The molecule has 1 aliphatic carbocycles. The molecule has 134 valence electrons. The summed E-state index contributed by atoms with van der Waals surface area (Å²) in [5.41, 5.74) is 0. The molecule has 1 saturated carbocycles. The van der Waals surface area contributed by atoms with Crippen molar-refractivity contribution in [2.45, 2.75) is 51.5 Å². The first kappa shape index (κ1) is 18.2. The minimum Gasteiger partial charge on any atom is -0.456 e. The van der Waals surface area contributed by atoms with Gasteiger partial charge in [-0.15, -0.1) is 0 Å². The van der Waals surface area contributed by atoms with Gasteiger partial charge in [0.15, 0.2) is 6.61 Å². The van der Waals surface area contributed by atoms with E-state index in [-0.39, 0.29) is 44.0 Å². The summed E-state index contributed by atoms with van der Waals surface area (Å²) in [5, 5.41) is 5.32. The lowest BCUT2D eigenvalue weighted by Gasteiger charge is -2.29. The highest BCUT2D eigenvalue weighted by atomic mass is 16.5. The zero-order chi connectivity index (χ0) is 17.5. The number of imide groups is 1. The second-order valence-corrected chi connectivity index (χ2v) is 6.40. The Morgan fingerprint density at radius 3 is 2.71 bits per heavy atom. The summed E-state index contributed by atoms with van der Waals surface area (Å²) in [6, 6.07) is -0.279. The Morgan fingerprint density at radius 1 is 1.29 bits per heavy atom. The van der Waals surface area contributed by atoms with Crippen LogP contribution in [-0.2, 0) is 19.1 Å². The highest BCUT2D eigenvalue weighted by Gasteiger charge is 2.28. The van der Waals surface area contributed by atoms with Gasteiger partial charge in [0.05, 0.1) is 6.54 Å². The Hall–Kier alpha value is -2.12. The van der Waals surface area contributed by atoms with Crippen LogP contribution in [0.1, 0.15) is 45.4 Å². The number of nitrogens with one attached hydrogen (secondary N) is 2. The van der Waals surface area contributed by atoms with Crippen molar-refractivity contribution in [3.63, 3.8) is 0 Å². The molecule has 4 amide bonds. The number of esters is 1. The van der Waals surface area contributed by atoms with Crippen molar-refractivity contribution in [3.8, 4) is 0 Å². The van der Waals surface area contributed by atoms with E-state index in [9.17, 15) is 19.2 Å². The largest absolute Gasteiger partial charge is 0.456 e. The van der Waals surface area contributed by atoms with Crippen LogP contribution in [-0.4, -0.2) is 54.5 Å². The van der Waals surface area contributed by atoms with Crippen molar-refractivity contribution in [1.82, 2.24) is 15.5 Å². The average molecular weight is 339 g/mol. The number of amides is 4. The van der Waals surface area contributed by atoms with E-state index >= 15 is 0 Å². The number of carbonyl (C=O) groups is 4. The zero-order valence-electron chi connectivity index (χ0n) is 14.0. The maximum Gasteiger partial charge on any atom is 0.324 e. The van der Waals surface area contributed by atoms with Gasteiger partial charge < -0.3 is 15.4 Å². The molecular formula is C16H25N3O5. The molecule has 2 N–H and O–H groups in total. The summed E-state index contributed by atoms with van der Waals surface area (Å²) < 4.78 is 4.94. The van der Waals surface area contributed by atoms with Gasteiger partial charge in [-0.25, -0.2) is 4.79 Å². The molecule has 0 aromatic carbocycles. The number of hydrogen-bond acceptors (Lipinski definition) is 5. The van der Waals surface area contributed by atoms with Crippen LogP contribution in [0, 0.1) is 5.92 Å². The molecule has 0 bridgehead atoms. The molecule has 1 saturated heterocycles. The van der Waals surface area contributed by atoms with Crippen LogP contribution in [0.3, 0.4) is 0 Å². The topological polar surface area (TPSA) is 105 Å². The molecule has 1 aliphatic heterocycles. The molecule has 0 aromatic heterocycles. The predicted octanol–water partition coefficient (Wildman–Crippen LogP) is 0.557. The smallest absolute Gasteiger partial charge is 0.324 e. The summed E-state index contributed by atoms with van der Waals surface area (Å²) in [6.07, 6.45) is 4.75. The Bertz CT molecular complexity index is 492. The van der Waals surface area contributed by atoms with Crippen LogP contribution in [0.25, 0.3) is 0 Å². The van der Waals surface area contributed by atoms with Crippen molar-refractivity contribution < 1.29 is 23.9 Å². The summed E-state index contributed by atoms with van der Waals surface area (Å²) >= 11 is 0. The number of nitrogens with zero attached hydrogens (tertiary/aromatic N) is 1. The van der Waals surface area contributed by atoms with Crippen molar-refractivity contribution >= 4 is 23.8 Å². The van der Waals surface area contributed by atoms with Gasteiger partial charge >= 0.3 is 12.0 Å². The third-order valence-corrected chi connectivity index (χ3v) is 4.52. The lowest BCUT2D eigenvalue weighted by molar-refractivity contribution is -0.149. The first-order chi connectivity index (χ1) is 11.5. The molecule has 0 unspecified atom stereocenters. The summed E-state index contributed by atoms with van der Waals surface area (Å²) in [4.78, 5) is 47.2. The van der Waals surface area contributed by atoms with Crippen molar-refractivity contribution in [2.75, 3.05) is 19.7 Å². The van der Waals surface area contributed by atoms with E-state index in [1.54, 1.807) is 0 Å². The molecule has 0 aromatic rings. The van der Waals surface area contributed by atoms with Crippen molar-refractivity contribution in [1.29, 1.82) is 0 Å². The number of carbonyl (C=O) groups excluding carboxylic acids is 4. The maximum absolute atomic E-state index is 11.8. The standard InChI is InChI=1S/C16H25N3O5/c1-11-5-2-3-6-12(11)18-13(20)10-24-15(22)7-4-8-19-14(21)9-17-16(19)23/h11-12H,2-10H2,1H3,(H,17,23)(H,18,20)/t11-,12-/m1/s1. The van der Waals surface area contributed by atoms with Crippen LogP contribution in [0.15, 0.2) is 0 Å². The normalized spacial score (nSPS) is 23.8. The fraction of sp³-hybridized carbons (Fsp3) is 0.750. The van der Waals surface area contributed by atoms with Gasteiger partial charge in [0, 0.05) is 19.0 Å². The maximum atomic E-state index is 11.8. The Kier molecular flexibility index (Phi) is 6.57. The van der Waals surface area contributed by atoms with Crippen molar-refractivity contribution in [2.24, 2.45) is 5.92 Å². The minimum atomic E-state index is -0.506. The number of hydrogen-bond donors (Lipinski definition) is 2. The fourth-order valence-corrected chi connectivity index (χ4v) is 3.06. The van der Waals surface area contributed by atoms with Gasteiger partial charge in [0.25, 0.3) is 5.91 Å². The average Bonchev–Trinajstić information content (AvgIpc) is 2.87. The molecule has 8 nitrogen and oxygen atoms in total. The minimum absolute atomic E-state index is 0.00302. The van der Waals surface area contributed by atoms with Gasteiger partial charge in [-0.05, 0) is 25.2 Å². The lowest BCUT2D eigenvalue weighted by Crippen LogP contribution is -2.42. The molecule has 2 rings (SSSR count). The lowest BCUT2D eigenvalue weighted by atomic mass is 9.86. The van der Waals surface area contributed by atoms with Crippen LogP contribution in [0.4, 0.5) is 4.79 Å². The second-order valence-electron chi connectivity index (χ2n) is 6.40. The molecule has 1 heterocycles. The first-order valence-electron chi connectivity index (χ1n) is 8.50. The number of rotatable bonds is 7. The van der Waals surface area contributed by atoms with Crippen LogP contribution in [0.2, 0.25) is 0 Å². The quantitative estimate of drug-likeness (QED) is 0.521. The highest BCUT2D eigenvalue weighted by Crippen LogP contribution is 2.23. The summed E-state index contributed by atoms with van der Waals surface area (Å²) in [5.74, 6) is -0.637. The van der Waals surface area contributed by atoms with E-state index in [1.807, 2.05) is 0 Å². The third-order valence-electron chi connectivity index (χ3n) is 4.52. The first-order valence-corrected chi connectivity index (χ1v) is 8.50. The third kappa shape index (κ3) is 5.21. The number of ether oxygens (including phenoxy) is 1. The molecule has 24 heavy (non-hydrogen) atoms. The van der Waals surface area contributed by atoms with Gasteiger partial charge in [-0.1, -0.05) is 19.8 Å². The van der Waals surface area contributed by atoms with E-state index in [1.165, 1.54) is 6.42 Å². The van der Waals surface area contributed by atoms with E-state index < -0.39 is 12.0 Å². The van der Waals surface area contributed by atoms with Crippen molar-refractivity contribution in [3.05, 3.63) is 0 Å². The zero-order valence-corrected chi connectivity index (χ0v) is 14.0. The summed E-state index contributed by atoms with van der Waals surface area (Å²) in [6.45, 7) is 2.01. The van der Waals surface area contributed by atoms with E-state index in [2.05, 4.69) is 17.6 Å². The summed E-state index contributed by atoms with van der Waals surface area (Å²) in [7, 11) is 0. The van der Waals surface area contributed by atoms with Gasteiger partial charge in [-0.3, -0.25) is 19.3 Å². The molecule has 2 aliphatic rings. The predicted molar refractivity (Wildman–Crippen MR) is 84.9 cm³/mol. The van der Waals surface area contributed by atoms with Crippen LogP contribution < -0.4 is 10.6 Å². The van der Waals surface area contributed by atoms with Gasteiger partial charge in [0.1, 0.15) is 0 Å². The molecule has 8 heteroatoms. The number of urea groups is 1. The van der Waals surface area contributed by atoms with E-state index in [0.717, 1.165) is 24.2 Å². The van der Waals surface area contributed by atoms with Crippen LogP contribution in [0.5, 0.6) is 0 Å². The van der Waals surface area contributed by atoms with E-state index in [4.69, 9.17) is 4.74 Å². The van der Waals surface area contributed by atoms with Crippen LogP contribution >= 0.6 is 0 Å². The SMILES string of the molecule is C[C@@H]1CCCC[C@H]1NC(=O)COC(=O)CCCN1C(=O)CNC1=O. The molecule has 0 spiro atoms. The highest BCUT2D eigenvalue weighted by molar-refractivity contribution is 6.01. The monoisotopic (exact) mass is 339 g/mol. The molecule has 0 radical (unpaired) electrons. The molecular weight excluding hydrogens is 314 g/mol. The Labute approximate surface area is 141 Å². The molecule has 2 fully saturated rings. The Balaban J connectivity index is 1.59.